The van der Waals surface area contributed by atoms with E-state index in [0.29, 0.717) is 5.92 Å². The van der Waals surface area contributed by atoms with Crippen molar-refractivity contribution in [3.05, 3.63) is 0 Å². The molecule has 0 aromatic rings. The van der Waals surface area contributed by atoms with Gasteiger partial charge in [-0.3, -0.25) is 0 Å². The summed E-state index contributed by atoms with van der Waals surface area (Å²) in [6, 6.07) is 0.162. The molecular weight excluding hydrogens is 234 g/mol. The average Bonchev–Trinajstić information content (AvgIpc) is 2.16. The van der Waals surface area contributed by atoms with E-state index < -0.39 is 9.05 Å². The summed E-state index contributed by atoms with van der Waals surface area (Å²) >= 11 is 0. The summed E-state index contributed by atoms with van der Waals surface area (Å²) in [5, 5.41) is -0.344. The van der Waals surface area contributed by atoms with Crippen molar-refractivity contribution in [1.82, 2.24) is 4.90 Å². The van der Waals surface area contributed by atoms with E-state index in [-0.39, 0.29) is 11.3 Å². The molecule has 88 valence electrons. The fourth-order valence-electron chi connectivity index (χ4n) is 3.24. The fraction of sp³-hybridized carbons (Fsp3) is 1.00. The van der Waals surface area contributed by atoms with Gasteiger partial charge in [-0.05, 0) is 45.2 Å². The van der Waals surface area contributed by atoms with Gasteiger partial charge in [0.15, 0.2) is 0 Å². The molecule has 0 amide bonds. The molecule has 0 unspecified atom stereocenters. The lowest BCUT2D eigenvalue weighted by atomic mass is 9.78. The number of fused-ring (bicyclic) bond motifs is 1. The summed E-state index contributed by atoms with van der Waals surface area (Å²) in [4.78, 5) is 2.19. The van der Waals surface area contributed by atoms with Crippen molar-refractivity contribution in [3.8, 4) is 0 Å². The maximum Gasteiger partial charge on any atom is 0.237 e. The largest absolute Gasteiger partial charge is 0.302 e. The monoisotopic (exact) mass is 251 g/mol. The molecule has 2 aliphatic rings. The van der Waals surface area contributed by atoms with Crippen molar-refractivity contribution in [2.75, 3.05) is 13.6 Å². The van der Waals surface area contributed by atoms with Gasteiger partial charge in [-0.2, -0.15) is 0 Å². The first-order valence-electron chi connectivity index (χ1n) is 5.64. The van der Waals surface area contributed by atoms with E-state index in [4.69, 9.17) is 10.7 Å². The summed E-state index contributed by atoms with van der Waals surface area (Å²) in [6.45, 7) is 1.00. The molecular formula is C10H18ClNO2S. The van der Waals surface area contributed by atoms with E-state index in [1.807, 2.05) is 7.05 Å². The number of piperidine rings is 1. The summed E-state index contributed by atoms with van der Waals surface area (Å²) in [5.41, 5.74) is 0. The average molecular weight is 252 g/mol. The minimum absolute atomic E-state index is 0.162. The van der Waals surface area contributed by atoms with Crippen LogP contribution in [-0.2, 0) is 9.05 Å². The zero-order valence-corrected chi connectivity index (χ0v) is 10.6. The van der Waals surface area contributed by atoms with E-state index in [9.17, 15) is 8.42 Å². The molecule has 0 spiro atoms. The normalized spacial score (nSPS) is 38.7. The number of likely N-dealkylation sites (tertiary alicyclic amines) is 1. The van der Waals surface area contributed by atoms with E-state index in [1.165, 1.54) is 6.42 Å². The lowest BCUT2D eigenvalue weighted by molar-refractivity contribution is 0.0872. The Kier molecular flexibility index (Phi) is 3.29. The third kappa shape index (κ3) is 2.32. The SMILES string of the molecule is CN1CCC[C@H]2CCC[C@@H](S(=O)(=O)Cl)[C@@H]21. The predicted molar refractivity (Wildman–Crippen MR) is 61.6 cm³/mol. The second kappa shape index (κ2) is 4.22. The Bertz CT molecular complexity index is 328. The van der Waals surface area contributed by atoms with Crippen LogP contribution in [0.25, 0.3) is 0 Å². The van der Waals surface area contributed by atoms with Gasteiger partial charge in [0.1, 0.15) is 0 Å². The predicted octanol–water partition coefficient (Wildman–Crippen LogP) is 1.82. The smallest absolute Gasteiger partial charge is 0.237 e. The van der Waals surface area contributed by atoms with E-state index in [0.717, 1.165) is 32.2 Å². The number of halogens is 1. The molecule has 3 atom stereocenters. The first-order chi connectivity index (χ1) is 7.00. The molecule has 1 aliphatic heterocycles. The third-order valence-corrected chi connectivity index (χ3v) is 5.81. The lowest BCUT2D eigenvalue weighted by Gasteiger charge is -2.45. The number of hydrogen-bond donors (Lipinski definition) is 0. The maximum absolute atomic E-state index is 11.5. The van der Waals surface area contributed by atoms with Crippen LogP contribution in [0.5, 0.6) is 0 Å². The molecule has 1 heterocycles. The highest BCUT2D eigenvalue weighted by molar-refractivity contribution is 8.14. The van der Waals surface area contributed by atoms with Crippen LogP contribution in [0, 0.1) is 5.92 Å². The summed E-state index contributed by atoms with van der Waals surface area (Å²) < 4.78 is 23.1. The summed E-state index contributed by atoms with van der Waals surface area (Å²) in [5.74, 6) is 0.538. The molecule has 0 aromatic carbocycles. The minimum atomic E-state index is -3.40. The lowest BCUT2D eigenvalue weighted by Crippen LogP contribution is -2.53. The van der Waals surface area contributed by atoms with Gasteiger partial charge in [-0.15, -0.1) is 0 Å². The van der Waals surface area contributed by atoms with Gasteiger partial charge < -0.3 is 4.90 Å². The minimum Gasteiger partial charge on any atom is -0.302 e. The Labute approximate surface area is 96.2 Å². The van der Waals surface area contributed by atoms with Gasteiger partial charge in [0.2, 0.25) is 9.05 Å². The van der Waals surface area contributed by atoms with Crippen LogP contribution in [-0.4, -0.2) is 38.2 Å². The molecule has 15 heavy (non-hydrogen) atoms. The van der Waals surface area contributed by atoms with Crippen LogP contribution >= 0.6 is 10.7 Å². The molecule has 1 saturated heterocycles. The topological polar surface area (TPSA) is 37.4 Å². The van der Waals surface area contributed by atoms with Crippen LogP contribution in [0.3, 0.4) is 0 Å². The van der Waals surface area contributed by atoms with Crippen LogP contribution < -0.4 is 0 Å². The van der Waals surface area contributed by atoms with Gasteiger partial charge in [-0.1, -0.05) is 6.42 Å². The molecule has 1 aliphatic carbocycles. The van der Waals surface area contributed by atoms with Crippen LogP contribution in [0.2, 0.25) is 0 Å². The Morgan fingerprint density at radius 1 is 1.20 bits per heavy atom. The molecule has 5 heteroatoms. The Hall–Kier alpha value is 0.200. The molecule has 0 bridgehead atoms. The molecule has 1 saturated carbocycles. The third-order valence-electron chi connectivity index (χ3n) is 3.88. The Balaban J connectivity index is 2.24. The molecule has 0 aromatic heterocycles. The Morgan fingerprint density at radius 3 is 2.53 bits per heavy atom. The van der Waals surface area contributed by atoms with E-state index >= 15 is 0 Å². The summed E-state index contributed by atoms with van der Waals surface area (Å²) in [7, 11) is 4.17. The van der Waals surface area contributed by atoms with Crippen molar-refractivity contribution in [3.63, 3.8) is 0 Å². The van der Waals surface area contributed by atoms with Crippen molar-refractivity contribution < 1.29 is 8.42 Å². The molecule has 2 rings (SSSR count). The zero-order valence-electron chi connectivity index (χ0n) is 9.02. The Morgan fingerprint density at radius 2 is 1.87 bits per heavy atom. The van der Waals surface area contributed by atoms with Crippen molar-refractivity contribution in [1.29, 1.82) is 0 Å². The van der Waals surface area contributed by atoms with Crippen molar-refractivity contribution in [2.24, 2.45) is 5.92 Å². The van der Waals surface area contributed by atoms with Crippen LogP contribution in [0.15, 0.2) is 0 Å². The van der Waals surface area contributed by atoms with Crippen LogP contribution in [0.1, 0.15) is 32.1 Å². The second-order valence-corrected chi connectivity index (χ2v) is 7.67. The molecule has 0 radical (unpaired) electrons. The first-order valence-corrected chi connectivity index (χ1v) is 8.01. The zero-order chi connectivity index (χ0) is 11.1. The number of hydrogen-bond acceptors (Lipinski definition) is 3. The maximum atomic E-state index is 11.5. The van der Waals surface area contributed by atoms with Crippen LogP contribution in [0.4, 0.5) is 0 Å². The van der Waals surface area contributed by atoms with Gasteiger partial charge >= 0.3 is 0 Å². The molecule has 3 nitrogen and oxygen atoms in total. The highest BCUT2D eigenvalue weighted by Gasteiger charge is 2.43. The fourth-order valence-corrected chi connectivity index (χ4v) is 5.04. The van der Waals surface area contributed by atoms with E-state index in [1.54, 1.807) is 0 Å². The standard InChI is InChI=1S/C10H18ClNO2S/c1-12-7-3-5-8-4-2-6-9(10(8)12)15(11,13)14/h8-10H,2-7H2,1H3/t8-,9-,10-/m1/s1. The van der Waals surface area contributed by atoms with Gasteiger partial charge in [0, 0.05) is 16.7 Å². The molecule has 2 fully saturated rings. The van der Waals surface area contributed by atoms with Crippen molar-refractivity contribution in [2.45, 2.75) is 43.4 Å². The summed E-state index contributed by atoms with van der Waals surface area (Å²) in [6.07, 6.45) is 5.26. The quantitative estimate of drug-likeness (QED) is 0.667. The number of rotatable bonds is 1. The second-order valence-electron chi connectivity index (χ2n) is 4.82. The highest BCUT2D eigenvalue weighted by Crippen LogP contribution is 2.38. The molecule has 0 N–H and O–H groups in total. The van der Waals surface area contributed by atoms with Gasteiger partial charge in [-0.25, -0.2) is 8.42 Å². The van der Waals surface area contributed by atoms with Crippen molar-refractivity contribution >= 4 is 19.7 Å². The highest BCUT2D eigenvalue weighted by atomic mass is 35.7. The number of nitrogens with zero attached hydrogens (tertiary/aromatic N) is 1. The van der Waals surface area contributed by atoms with Gasteiger partial charge in [0.05, 0.1) is 5.25 Å². The van der Waals surface area contributed by atoms with E-state index in [2.05, 4.69) is 4.90 Å². The van der Waals surface area contributed by atoms with Gasteiger partial charge in [0.25, 0.3) is 0 Å². The first kappa shape index (κ1) is 11.7.